The lowest BCUT2D eigenvalue weighted by Crippen LogP contribution is -2.45. The van der Waals surface area contributed by atoms with Gasteiger partial charge in [0.1, 0.15) is 17.6 Å². The van der Waals surface area contributed by atoms with Crippen LogP contribution in [0, 0.1) is 11.3 Å². The molecule has 4 N–H and O–H groups in total. The number of aliphatic hydroxyl groups is 1. The molecule has 1 saturated carbocycles. The zero-order valence-electron chi connectivity index (χ0n) is 16.5. The summed E-state index contributed by atoms with van der Waals surface area (Å²) in [4.78, 5) is 13.0. The fraction of sp³-hybridized carbons (Fsp3) is 0.227. The number of nitrogens with zero attached hydrogens (tertiary/aromatic N) is 3. The molecular weight excluding hydrogens is 412 g/mol. The van der Waals surface area contributed by atoms with E-state index in [2.05, 4.69) is 31.1 Å². The first kappa shape index (κ1) is 19.6. The van der Waals surface area contributed by atoms with E-state index in [1.54, 1.807) is 24.2 Å². The van der Waals surface area contributed by atoms with E-state index in [-0.39, 0.29) is 6.61 Å². The summed E-state index contributed by atoms with van der Waals surface area (Å²) in [6, 6.07) is 12.4. The largest absolute Gasteiger partial charge is 0.444 e. The van der Waals surface area contributed by atoms with Gasteiger partial charge >= 0.3 is 0 Å². The molecule has 3 aromatic heterocycles. The van der Waals surface area contributed by atoms with Crippen LogP contribution in [0.1, 0.15) is 24.1 Å². The summed E-state index contributed by atoms with van der Waals surface area (Å²) >= 11 is 1.56. The molecule has 4 aromatic rings. The highest BCUT2D eigenvalue weighted by atomic mass is 32.2. The molecule has 1 aliphatic carbocycles. The van der Waals surface area contributed by atoms with E-state index in [0.717, 1.165) is 40.0 Å². The average molecular weight is 433 g/mol. The normalized spacial score (nSPS) is 17.9. The summed E-state index contributed by atoms with van der Waals surface area (Å²) in [7, 11) is 0. The van der Waals surface area contributed by atoms with Gasteiger partial charge in [0.15, 0.2) is 0 Å². The zero-order valence-corrected chi connectivity index (χ0v) is 17.3. The highest BCUT2D eigenvalue weighted by Crippen LogP contribution is 2.36. The predicted molar refractivity (Wildman–Crippen MR) is 118 cm³/mol. The van der Waals surface area contributed by atoms with Crippen LogP contribution in [0.15, 0.2) is 58.3 Å². The van der Waals surface area contributed by atoms with Crippen LogP contribution < -0.4 is 10.0 Å². The first-order valence-corrected chi connectivity index (χ1v) is 10.8. The van der Waals surface area contributed by atoms with Crippen molar-refractivity contribution in [1.29, 1.82) is 5.26 Å². The van der Waals surface area contributed by atoms with E-state index < -0.39 is 0 Å². The number of nitriles is 1. The second kappa shape index (κ2) is 8.43. The molecule has 1 aliphatic rings. The Kier molecular flexibility index (Phi) is 5.34. The van der Waals surface area contributed by atoms with Gasteiger partial charge in [-0.25, -0.2) is 9.97 Å². The fourth-order valence-electron chi connectivity index (χ4n) is 3.65. The molecule has 156 valence electrons. The fourth-order valence-corrected chi connectivity index (χ4v) is 4.47. The third kappa shape index (κ3) is 4.01. The van der Waals surface area contributed by atoms with Gasteiger partial charge in [-0.05, 0) is 49.1 Å². The maximum absolute atomic E-state index is 9.31. The van der Waals surface area contributed by atoms with Gasteiger partial charge in [0.05, 0.1) is 29.5 Å². The van der Waals surface area contributed by atoms with Crippen LogP contribution >= 0.6 is 11.9 Å². The molecule has 5 rings (SSSR count). The molecule has 3 heterocycles. The molecule has 1 fully saturated rings. The second-order valence-electron chi connectivity index (χ2n) is 7.46. The molecule has 8 nitrogen and oxygen atoms in total. The SMILES string of the molecule is N#Cc1cccc(SNC2CC(Nc3c(-c4nc(CO)co4)cnc4[nH]ccc34)C2)c1. The topological polar surface area (TPSA) is 123 Å². The van der Waals surface area contributed by atoms with Crippen molar-refractivity contribution in [2.24, 2.45) is 0 Å². The smallest absolute Gasteiger partial charge is 0.229 e. The molecule has 0 aliphatic heterocycles. The van der Waals surface area contributed by atoms with E-state index in [4.69, 9.17) is 9.68 Å². The third-order valence-corrected chi connectivity index (χ3v) is 6.26. The first-order valence-electron chi connectivity index (χ1n) is 9.94. The van der Waals surface area contributed by atoms with Crippen LogP contribution in [0.4, 0.5) is 5.69 Å². The maximum Gasteiger partial charge on any atom is 0.229 e. The van der Waals surface area contributed by atoms with Crippen LogP contribution in [0.2, 0.25) is 0 Å². The monoisotopic (exact) mass is 432 g/mol. The van der Waals surface area contributed by atoms with Crippen LogP contribution in [0.3, 0.4) is 0 Å². The number of aromatic amines is 1. The minimum Gasteiger partial charge on any atom is -0.444 e. The number of hydrogen-bond acceptors (Lipinski definition) is 8. The van der Waals surface area contributed by atoms with Crippen molar-refractivity contribution >= 4 is 28.7 Å². The summed E-state index contributed by atoms with van der Waals surface area (Å²) in [6.45, 7) is -0.170. The number of aromatic nitrogens is 3. The predicted octanol–water partition coefficient (Wildman–Crippen LogP) is 3.82. The molecule has 1 aromatic carbocycles. The maximum atomic E-state index is 9.31. The molecular formula is C22H20N6O2S. The molecule has 9 heteroatoms. The van der Waals surface area contributed by atoms with Crippen molar-refractivity contribution in [1.82, 2.24) is 19.7 Å². The van der Waals surface area contributed by atoms with Gasteiger partial charge in [0, 0.05) is 34.8 Å². The number of pyridine rings is 1. The van der Waals surface area contributed by atoms with Crippen molar-refractivity contribution in [3.05, 3.63) is 60.2 Å². The number of nitrogens with one attached hydrogen (secondary N) is 3. The minimum atomic E-state index is -0.170. The molecule has 0 amide bonds. The van der Waals surface area contributed by atoms with Gasteiger partial charge in [-0.15, -0.1) is 0 Å². The summed E-state index contributed by atoms with van der Waals surface area (Å²) in [5.74, 6) is 0.434. The van der Waals surface area contributed by atoms with Gasteiger partial charge < -0.3 is 19.8 Å². The van der Waals surface area contributed by atoms with Crippen molar-refractivity contribution in [2.75, 3.05) is 5.32 Å². The number of oxazole rings is 1. The summed E-state index contributed by atoms with van der Waals surface area (Å²) in [6.07, 6.45) is 6.99. The first-order chi connectivity index (χ1) is 15.2. The van der Waals surface area contributed by atoms with E-state index in [9.17, 15) is 5.11 Å². The van der Waals surface area contributed by atoms with Gasteiger partial charge in [-0.2, -0.15) is 5.26 Å². The number of anilines is 1. The van der Waals surface area contributed by atoms with Crippen LogP contribution in [0.5, 0.6) is 0 Å². The number of rotatable bonds is 7. The highest BCUT2D eigenvalue weighted by molar-refractivity contribution is 7.97. The van der Waals surface area contributed by atoms with E-state index in [1.807, 2.05) is 30.5 Å². The Hall–Kier alpha value is -3.32. The van der Waals surface area contributed by atoms with Crippen molar-refractivity contribution < 1.29 is 9.52 Å². The highest BCUT2D eigenvalue weighted by Gasteiger charge is 2.30. The van der Waals surface area contributed by atoms with Crippen LogP contribution in [-0.4, -0.2) is 32.1 Å². The Morgan fingerprint density at radius 2 is 2.19 bits per heavy atom. The van der Waals surface area contributed by atoms with E-state index in [1.165, 1.54) is 6.26 Å². The Balaban J connectivity index is 1.27. The van der Waals surface area contributed by atoms with Gasteiger partial charge in [0.2, 0.25) is 5.89 Å². The lowest BCUT2D eigenvalue weighted by molar-refractivity contribution is 0.276. The van der Waals surface area contributed by atoms with Crippen LogP contribution in [-0.2, 0) is 6.61 Å². The Bertz CT molecular complexity index is 1250. The molecule has 31 heavy (non-hydrogen) atoms. The Labute approximate surface area is 182 Å². The third-order valence-electron chi connectivity index (χ3n) is 5.32. The number of aliphatic hydroxyl groups excluding tert-OH is 1. The Morgan fingerprint density at radius 1 is 1.29 bits per heavy atom. The number of benzene rings is 1. The van der Waals surface area contributed by atoms with Gasteiger partial charge in [-0.3, -0.25) is 4.72 Å². The quantitative estimate of drug-likeness (QED) is 0.325. The lowest BCUT2D eigenvalue weighted by atomic mass is 9.87. The molecule has 0 radical (unpaired) electrons. The van der Waals surface area contributed by atoms with Crippen molar-refractivity contribution in [2.45, 2.75) is 36.4 Å². The molecule has 0 bridgehead atoms. The molecule has 0 spiro atoms. The minimum absolute atomic E-state index is 0.170. The number of hydrogen-bond donors (Lipinski definition) is 4. The Morgan fingerprint density at radius 3 is 3.00 bits per heavy atom. The second-order valence-corrected chi connectivity index (χ2v) is 8.37. The standard InChI is InChI=1S/C22H20N6O2S/c23-9-13-2-1-3-17(6-13)31-28-15-7-14(8-15)26-20-18-4-5-24-21(18)25-10-19(20)22-27-16(11-29)12-30-22/h1-6,10,12,14-15,28-29H,7-8,11H2,(H2,24,25,26). The van der Waals surface area contributed by atoms with Crippen LogP contribution in [0.25, 0.3) is 22.5 Å². The summed E-state index contributed by atoms with van der Waals surface area (Å²) < 4.78 is 9.05. The molecule has 0 atom stereocenters. The summed E-state index contributed by atoms with van der Waals surface area (Å²) in [5, 5.41) is 22.9. The van der Waals surface area contributed by atoms with Gasteiger partial charge in [-0.1, -0.05) is 6.07 Å². The van der Waals surface area contributed by atoms with Gasteiger partial charge in [0.25, 0.3) is 0 Å². The zero-order chi connectivity index (χ0) is 21.2. The van der Waals surface area contributed by atoms with Crippen molar-refractivity contribution in [3.8, 4) is 17.5 Å². The number of H-pyrrole nitrogens is 1. The van der Waals surface area contributed by atoms with Crippen molar-refractivity contribution in [3.63, 3.8) is 0 Å². The number of fused-ring (bicyclic) bond motifs is 1. The average Bonchev–Trinajstić information content (AvgIpc) is 3.44. The lowest BCUT2D eigenvalue weighted by Gasteiger charge is -2.37. The molecule has 0 saturated heterocycles. The summed E-state index contributed by atoms with van der Waals surface area (Å²) in [5.41, 5.74) is 3.64. The van der Waals surface area contributed by atoms with E-state index >= 15 is 0 Å². The van der Waals surface area contributed by atoms with E-state index in [0.29, 0.717) is 29.2 Å². The molecule has 0 unspecified atom stereocenters.